The quantitative estimate of drug-likeness (QED) is 0.513. The molecule has 0 aromatic carbocycles. The first-order chi connectivity index (χ1) is 12.3. The second-order valence-electron chi connectivity index (χ2n) is 5.75. The van der Waals surface area contributed by atoms with Crippen LogP contribution in [-0.2, 0) is 9.53 Å². The van der Waals surface area contributed by atoms with Crippen LogP contribution in [0.25, 0.3) is 11.6 Å². The van der Waals surface area contributed by atoms with E-state index >= 15 is 0 Å². The zero-order valence-corrected chi connectivity index (χ0v) is 14.4. The maximum atomic E-state index is 12.3. The predicted molar refractivity (Wildman–Crippen MR) is 93.7 cm³/mol. The number of carbonyl (C=O) groups excluding carboxylic acids is 2. The monoisotopic (exact) mass is 356 g/mol. The molecule has 3 rings (SSSR count). The molecule has 0 spiro atoms. The van der Waals surface area contributed by atoms with Gasteiger partial charge in [-0.15, -0.1) is 0 Å². The molecule has 0 radical (unpaired) electrons. The normalized spacial score (nSPS) is 14.3. The molecule has 0 saturated heterocycles. The molecule has 9 heteroatoms. The minimum atomic E-state index is -0.579. The fraction of sp³-hybridized carbons (Fsp3) is 0.235. The van der Waals surface area contributed by atoms with Gasteiger partial charge < -0.3 is 10.1 Å². The van der Waals surface area contributed by atoms with Crippen molar-refractivity contribution < 1.29 is 19.2 Å². The van der Waals surface area contributed by atoms with Gasteiger partial charge in [0, 0.05) is 17.3 Å². The summed E-state index contributed by atoms with van der Waals surface area (Å²) in [6.45, 7) is 5.47. The van der Waals surface area contributed by atoms with E-state index in [0.717, 1.165) is 11.8 Å². The topological polar surface area (TPSA) is 116 Å². The number of rotatable bonds is 3. The highest BCUT2D eigenvalue weighted by Gasteiger charge is 2.29. The molecular weight excluding hydrogens is 340 g/mol. The van der Waals surface area contributed by atoms with Gasteiger partial charge in [-0.1, -0.05) is 0 Å². The van der Waals surface area contributed by atoms with E-state index < -0.39 is 16.9 Å². The second-order valence-corrected chi connectivity index (χ2v) is 5.75. The number of ether oxygens (including phenoxy) is 1. The lowest BCUT2D eigenvalue weighted by Gasteiger charge is -2.09. The molecule has 0 fully saturated rings. The molecule has 0 atom stereocenters. The summed E-state index contributed by atoms with van der Waals surface area (Å²) in [4.78, 5) is 38.9. The lowest BCUT2D eigenvalue weighted by atomic mass is 10.1. The number of hydrogen-bond donors (Lipinski definition) is 1. The van der Waals surface area contributed by atoms with Crippen molar-refractivity contribution >= 4 is 35.2 Å². The summed E-state index contributed by atoms with van der Waals surface area (Å²) in [6, 6.07) is 3.08. The van der Waals surface area contributed by atoms with Gasteiger partial charge in [0.15, 0.2) is 0 Å². The van der Waals surface area contributed by atoms with Crippen LogP contribution in [-0.4, -0.2) is 33.1 Å². The minimum absolute atomic E-state index is 0.197. The molecular formula is C17H16N4O5. The van der Waals surface area contributed by atoms with Crippen molar-refractivity contribution in [1.82, 2.24) is 9.55 Å². The molecule has 0 saturated carbocycles. The van der Waals surface area contributed by atoms with Crippen LogP contribution in [0.4, 0.5) is 16.3 Å². The van der Waals surface area contributed by atoms with Crippen LogP contribution in [0.15, 0.2) is 18.3 Å². The van der Waals surface area contributed by atoms with Crippen LogP contribution >= 0.6 is 0 Å². The number of aryl methyl sites for hydroxylation is 2. The van der Waals surface area contributed by atoms with Gasteiger partial charge in [0.25, 0.3) is 11.6 Å². The highest BCUT2D eigenvalue weighted by Crippen LogP contribution is 2.34. The highest BCUT2D eigenvalue weighted by molar-refractivity contribution is 6.34. The summed E-state index contributed by atoms with van der Waals surface area (Å²) >= 11 is 0. The van der Waals surface area contributed by atoms with E-state index in [1.165, 1.54) is 16.7 Å². The second kappa shape index (κ2) is 6.43. The molecule has 9 nitrogen and oxygen atoms in total. The van der Waals surface area contributed by atoms with Gasteiger partial charge in [-0.05, 0) is 38.5 Å². The summed E-state index contributed by atoms with van der Waals surface area (Å²) < 4.78 is 6.43. The molecule has 1 aliphatic heterocycles. The van der Waals surface area contributed by atoms with Crippen molar-refractivity contribution in [3.8, 4) is 0 Å². The van der Waals surface area contributed by atoms with Crippen LogP contribution in [0.3, 0.4) is 0 Å². The van der Waals surface area contributed by atoms with Crippen molar-refractivity contribution in [1.29, 1.82) is 0 Å². The number of aromatic nitrogens is 2. The van der Waals surface area contributed by atoms with Gasteiger partial charge in [0.2, 0.25) is 0 Å². The standard InChI is InChI=1S/C17H16N4O5/c1-4-26-17(23)20-10(3)5-9(2)14(20)7-13-12-6-11(21(24)25)8-18-15(12)19-16(13)22/h5-8H,4H2,1-3H3,(H,18,19,22). The molecule has 134 valence electrons. The van der Waals surface area contributed by atoms with E-state index in [4.69, 9.17) is 4.74 Å². The van der Waals surface area contributed by atoms with Gasteiger partial charge in [-0.25, -0.2) is 9.78 Å². The Morgan fingerprint density at radius 1 is 1.42 bits per heavy atom. The summed E-state index contributed by atoms with van der Waals surface area (Å²) in [5.74, 6) is -0.197. The number of nitrogens with one attached hydrogen (secondary N) is 1. The molecule has 0 bridgehead atoms. The maximum Gasteiger partial charge on any atom is 0.418 e. The summed E-state index contributed by atoms with van der Waals surface area (Å²) in [7, 11) is 0. The van der Waals surface area contributed by atoms with Crippen molar-refractivity contribution in [3.05, 3.63) is 51.0 Å². The van der Waals surface area contributed by atoms with Gasteiger partial charge in [-0.3, -0.25) is 19.5 Å². The Labute approximate surface area is 148 Å². The van der Waals surface area contributed by atoms with E-state index in [1.54, 1.807) is 26.8 Å². The molecule has 0 unspecified atom stereocenters. The smallest absolute Gasteiger partial charge is 0.418 e. The largest absolute Gasteiger partial charge is 0.449 e. The number of anilines is 1. The fourth-order valence-electron chi connectivity index (χ4n) is 2.86. The first kappa shape index (κ1) is 17.3. The Hall–Kier alpha value is -3.49. The van der Waals surface area contributed by atoms with Crippen molar-refractivity contribution in [2.24, 2.45) is 0 Å². The third kappa shape index (κ3) is 2.83. The van der Waals surface area contributed by atoms with E-state index in [0.29, 0.717) is 17.0 Å². The van der Waals surface area contributed by atoms with Crippen molar-refractivity contribution in [2.45, 2.75) is 20.8 Å². The fourth-order valence-corrected chi connectivity index (χ4v) is 2.86. The number of hydrogen-bond acceptors (Lipinski definition) is 6. The molecule has 2 aromatic heterocycles. The maximum absolute atomic E-state index is 12.3. The molecule has 3 heterocycles. The molecule has 26 heavy (non-hydrogen) atoms. The van der Waals surface area contributed by atoms with Gasteiger partial charge in [-0.2, -0.15) is 0 Å². The zero-order valence-electron chi connectivity index (χ0n) is 14.4. The van der Waals surface area contributed by atoms with Crippen LogP contribution in [0.1, 0.15) is 29.4 Å². The first-order valence-corrected chi connectivity index (χ1v) is 7.87. The number of pyridine rings is 1. The molecule has 0 aliphatic carbocycles. The van der Waals surface area contributed by atoms with Gasteiger partial charge in [0.05, 0.1) is 22.8 Å². The average Bonchev–Trinajstić information content (AvgIpc) is 3.03. The number of fused-ring (bicyclic) bond motifs is 1. The SMILES string of the molecule is CCOC(=O)n1c(C)cc(C)c1C=C1C(=O)Nc2ncc([N+](=O)[O-])cc21. The third-order valence-corrected chi connectivity index (χ3v) is 4.01. The highest BCUT2D eigenvalue weighted by atomic mass is 16.6. The van der Waals surface area contributed by atoms with Crippen LogP contribution in [0.5, 0.6) is 0 Å². The third-order valence-electron chi connectivity index (χ3n) is 4.01. The van der Waals surface area contributed by atoms with E-state index in [9.17, 15) is 19.7 Å². The summed E-state index contributed by atoms with van der Waals surface area (Å²) in [5.41, 5.74) is 2.19. The van der Waals surface area contributed by atoms with E-state index in [-0.39, 0.29) is 23.7 Å². The van der Waals surface area contributed by atoms with Crippen LogP contribution in [0, 0.1) is 24.0 Å². The van der Waals surface area contributed by atoms with Gasteiger partial charge >= 0.3 is 6.09 Å². The Morgan fingerprint density at radius 3 is 2.81 bits per heavy atom. The van der Waals surface area contributed by atoms with Crippen LogP contribution < -0.4 is 5.32 Å². The Kier molecular flexibility index (Phi) is 4.29. The number of carbonyl (C=O) groups is 2. The molecule has 1 amide bonds. The summed E-state index contributed by atoms with van der Waals surface area (Å²) in [6.07, 6.45) is 2.05. The summed E-state index contributed by atoms with van der Waals surface area (Å²) in [5, 5.41) is 13.6. The average molecular weight is 356 g/mol. The lowest BCUT2D eigenvalue weighted by Crippen LogP contribution is -2.16. The first-order valence-electron chi connectivity index (χ1n) is 7.87. The van der Waals surface area contributed by atoms with Crippen molar-refractivity contribution in [2.75, 3.05) is 11.9 Å². The van der Waals surface area contributed by atoms with Crippen molar-refractivity contribution in [3.63, 3.8) is 0 Å². The Bertz CT molecular complexity index is 974. The number of amides is 1. The minimum Gasteiger partial charge on any atom is -0.449 e. The van der Waals surface area contributed by atoms with Crippen LogP contribution in [0.2, 0.25) is 0 Å². The number of nitrogens with zero attached hydrogens (tertiary/aromatic N) is 3. The Balaban J connectivity index is 2.16. The van der Waals surface area contributed by atoms with E-state index in [1.807, 2.05) is 0 Å². The molecule has 2 aromatic rings. The molecule has 1 N–H and O–H groups in total. The predicted octanol–water partition coefficient (Wildman–Crippen LogP) is 2.91. The Morgan fingerprint density at radius 2 is 2.15 bits per heavy atom. The number of nitro groups is 1. The lowest BCUT2D eigenvalue weighted by molar-refractivity contribution is -0.385. The van der Waals surface area contributed by atoms with E-state index in [2.05, 4.69) is 10.3 Å². The molecule has 1 aliphatic rings. The zero-order chi connectivity index (χ0) is 19.0. The van der Waals surface area contributed by atoms with Gasteiger partial charge in [0.1, 0.15) is 12.0 Å².